The summed E-state index contributed by atoms with van der Waals surface area (Å²) in [6.07, 6.45) is 0. The Morgan fingerprint density at radius 2 is 1.91 bits per heavy atom. The van der Waals surface area contributed by atoms with Gasteiger partial charge in [-0.1, -0.05) is 20.8 Å². The predicted molar refractivity (Wildman–Crippen MR) is 53.7 cm³/mol. The van der Waals surface area contributed by atoms with Crippen molar-refractivity contribution in [3.05, 3.63) is 0 Å². The second-order valence-electron chi connectivity index (χ2n) is 3.97. The zero-order valence-electron chi connectivity index (χ0n) is 8.06. The van der Waals surface area contributed by atoms with Crippen LogP contribution in [0.25, 0.3) is 0 Å². The van der Waals surface area contributed by atoms with Crippen molar-refractivity contribution in [1.82, 2.24) is 10.2 Å². The first-order chi connectivity index (χ1) is 4.87. The van der Waals surface area contributed by atoms with E-state index < -0.39 is 0 Å². The van der Waals surface area contributed by atoms with Crippen LogP contribution in [-0.4, -0.2) is 30.7 Å². The fourth-order valence-electron chi connectivity index (χ4n) is 0.974. The first-order valence-corrected chi connectivity index (χ1v) is 4.20. The Hall–Kier alpha value is -0.310. The van der Waals surface area contributed by atoms with E-state index in [1.807, 2.05) is 14.1 Å². The molecule has 0 saturated carbocycles. The molecule has 0 radical (unpaired) electrons. The van der Waals surface area contributed by atoms with Crippen LogP contribution in [0.3, 0.4) is 0 Å². The Labute approximate surface area is 75.0 Å². The lowest BCUT2D eigenvalue weighted by molar-refractivity contribution is 0.305. The highest BCUT2D eigenvalue weighted by Gasteiger charge is 2.14. The van der Waals surface area contributed by atoms with E-state index in [1.54, 1.807) is 0 Å². The van der Waals surface area contributed by atoms with Crippen molar-refractivity contribution >= 4 is 17.3 Å². The minimum Gasteiger partial charge on any atom is -0.366 e. The molecule has 0 bridgehead atoms. The Bertz CT molecular complexity index is 138. The number of hydrogen-bond acceptors (Lipinski definition) is 1. The van der Waals surface area contributed by atoms with Gasteiger partial charge in [-0.25, -0.2) is 0 Å². The van der Waals surface area contributed by atoms with Crippen LogP contribution in [0.4, 0.5) is 0 Å². The van der Waals surface area contributed by atoms with Gasteiger partial charge in [0.05, 0.1) is 0 Å². The minimum absolute atomic E-state index is 0.301. The molecule has 2 nitrogen and oxygen atoms in total. The molecular weight excluding hydrogens is 156 g/mol. The summed E-state index contributed by atoms with van der Waals surface area (Å²) in [5, 5.41) is 3.75. The lowest BCUT2D eigenvalue weighted by atomic mass is 9.96. The fourth-order valence-corrected chi connectivity index (χ4v) is 1.04. The third-order valence-corrected chi connectivity index (χ3v) is 1.79. The van der Waals surface area contributed by atoms with Crippen molar-refractivity contribution in [1.29, 1.82) is 0 Å². The fraction of sp³-hybridized carbons (Fsp3) is 0.875. The average molecular weight is 174 g/mol. The van der Waals surface area contributed by atoms with E-state index in [-0.39, 0.29) is 0 Å². The van der Waals surface area contributed by atoms with Crippen molar-refractivity contribution in [3.8, 4) is 0 Å². The molecule has 11 heavy (non-hydrogen) atoms. The van der Waals surface area contributed by atoms with Crippen molar-refractivity contribution in [3.63, 3.8) is 0 Å². The Morgan fingerprint density at radius 3 is 2.18 bits per heavy atom. The topological polar surface area (TPSA) is 15.3 Å². The van der Waals surface area contributed by atoms with E-state index in [0.717, 1.165) is 11.7 Å². The Morgan fingerprint density at radius 1 is 1.45 bits per heavy atom. The summed E-state index contributed by atoms with van der Waals surface area (Å²) in [4.78, 5) is 2.05. The Balaban J connectivity index is 3.87. The summed E-state index contributed by atoms with van der Waals surface area (Å²) in [5.74, 6) is 0. The normalized spacial score (nSPS) is 11.0. The summed E-state index contributed by atoms with van der Waals surface area (Å²) in [6, 6.07) is 0. The maximum atomic E-state index is 5.06. The van der Waals surface area contributed by atoms with Gasteiger partial charge in [0.1, 0.15) is 0 Å². The molecule has 0 aliphatic rings. The summed E-state index contributed by atoms with van der Waals surface area (Å²) in [7, 11) is 3.85. The van der Waals surface area contributed by atoms with Gasteiger partial charge in [-0.05, 0) is 17.6 Å². The second-order valence-corrected chi connectivity index (χ2v) is 4.36. The molecule has 0 aromatic carbocycles. The molecule has 0 atom stereocenters. The SMILES string of the molecule is CNC(=S)N(C)CC(C)(C)C. The standard InChI is InChI=1S/C8H18N2S/c1-8(2,3)6-10(5)7(11)9-4/h6H2,1-5H3,(H,9,11). The summed E-state index contributed by atoms with van der Waals surface area (Å²) in [6.45, 7) is 7.57. The molecule has 0 aromatic heterocycles. The summed E-state index contributed by atoms with van der Waals surface area (Å²) >= 11 is 5.06. The highest BCUT2D eigenvalue weighted by atomic mass is 32.1. The maximum Gasteiger partial charge on any atom is 0.168 e. The highest BCUT2D eigenvalue weighted by molar-refractivity contribution is 7.80. The van der Waals surface area contributed by atoms with Crippen LogP contribution < -0.4 is 5.32 Å². The molecule has 66 valence electrons. The smallest absolute Gasteiger partial charge is 0.168 e. The molecule has 0 unspecified atom stereocenters. The zero-order chi connectivity index (χ0) is 9.07. The van der Waals surface area contributed by atoms with Crippen molar-refractivity contribution in [2.24, 2.45) is 5.41 Å². The molecule has 0 aliphatic heterocycles. The van der Waals surface area contributed by atoms with Crippen molar-refractivity contribution in [2.45, 2.75) is 20.8 Å². The second kappa shape index (κ2) is 3.90. The lowest BCUT2D eigenvalue weighted by Gasteiger charge is -2.27. The van der Waals surface area contributed by atoms with Gasteiger partial charge < -0.3 is 10.2 Å². The van der Waals surface area contributed by atoms with Gasteiger partial charge in [0.15, 0.2) is 5.11 Å². The predicted octanol–water partition coefficient (Wildman–Crippen LogP) is 1.47. The summed E-state index contributed by atoms with van der Waals surface area (Å²) < 4.78 is 0. The highest BCUT2D eigenvalue weighted by Crippen LogP contribution is 2.13. The van der Waals surface area contributed by atoms with E-state index in [9.17, 15) is 0 Å². The van der Waals surface area contributed by atoms with Crippen molar-refractivity contribution in [2.75, 3.05) is 20.6 Å². The monoisotopic (exact) mass is 174 g/mol. The molecule has 1 N–H and O–H groups in total. The van der Waals surface area contributed by atoms with E-state index in [0.29, 0.717) is 5.41 Å². The number of nitrogens with zero attached hydrogens (tertiary/aromatic N) is 1. The first-order valence-electron chi connectivity index (χ1n) is 3.79. The van der Waals surface area contributed by atoms with Crippen LogP contribution in [0, 0.1) is 5.41 Å². The average Bonchev–Trinajstić information content (AvgIpc) is 1.82. The number of nitrogens with one attached hydrogen (secondary N) is 1. The molecule has 0 heterocycles. The van der Waals surface area contributed by atoms with Gasteiger partial charge in [-0.2, -0.15) is 0 Å². The van der Waals surface area contributed by atoms with Crippen LogP contribution in [0.1, 0.15) is 20.8 Å². The van der Waals surface area contributed by atoms with Crippen LogP contribution >= 0.6 is 12.2 Å². The lowest BCUT2D eigenvalue weighted by Crippen LogP contribution is -2.39. The zero-order valence-corrected chi connectivity index (χ0v) is 8.88. The van der Waals surface area contributed by atoms with Gasteiger partial charge in [0.2, 0.25) is 0 Å². The summed E-state index contributed by atoms with van der Waals surface area (Å²) in [5.41, 5.74) is 0.301. The van der Waals surface area contributed by atoms with E-state index in [1.165, 1.54) is 0 Å². The largest absolute Gasteiger partial charge is 0.366 e. The van der Waals surface area contributed by atoms with E-state index in [2.05, 4.69) is 31.0 Å². The van der Waals surface area contributed by atoms with Gasteiger partial charge in [0.25, 0.3) is 0 Å². The molecule has 3 heteroatoms. The Kier molecular flexibility index (Phi) is 3.79. The van der Waals surface area contributed by atoms with Crippen LogP contribution in [0.2, 0.25) is 0 Å². The molecule has 0 fully saturated rings. The van der Waals surface area contributed by atoms with E-state index >= 15 is 0 Å². The van der Waals surface area contributed by atoms with Crippen LogP contribution in [0.15, 0.2) is 0 Å². The molecule has 0 aliphatic carbocycles. The number of hydrogen-bond donors (Lipinski definition) is 1. The van der Waals surface area contributed by atoms with Gasteiger partial charge in [-0.15, -0.1) is 0 Å². The third kappa shape index (κ3) is 5.01. The van der Waals surface area contributed by atoms with Crippen molar-refractivity contribution < 1.29 is 0 Å². The number of thiocarbonyl (C=S) groups is 1. The quantitative estimate of drug-likeness (QED) is 0.606. The molecule has 0 aromatic rings. The maximum absolute atomic E-state index is 5.06. The molecule has 0 rings (SSSR count). The minimum atomic E-state index is 0.301. The third-order valence-electron chi connectivity index (χ3n) is 1.27. The van der Waals surface area contributed by atoms with Gasteiger partial charge in [-0.3, -0.25) is 0 Å². The molecular formula is C8H18N2S. The van der Waals surface area contributed by atoms with Crippen LogP contribution in [-0.2, 0) is 0 Å². The molecule has 0 spiro atoms. The molecule has 0 saturated heterocycles. The van der Waals surface area contributed by atoms with Gasteiger partial charge in [0, 0.05) is 20.6 Å². The first kappa shape index (κ1) is 10.7. The number of rotatable bonds is 1. The molecule has 0 amide bonds. The van der Waals surface area contributed by atoms with Crippen LogP contribution in [0.5, 0.6) is 0 Å². The van der Waals surface area contributed by atoms with Gasteiger partial charge >= 0.3 is 0 Å². The van der Waals surface area contributed by atoms with E-state index in [4.69, 9.17) is 12.2 Å².